The van der Waals surface area contributed by atoms with Crippen LogP contribution in [0.4, 0.5) is 10.1 Å². The number of benzene rings is 2. The van der Waals surface area contributed by atoms with E-state index in [1.807, 2.05) is 18.4 Å². The quantitative estimate of drug-likeness (QED) is 0.851. The number of anilines is 1. The number of rotatable bonds is 3. The zero-order chi connectivity index (χ0) is 13.0. The number of hydrogen-bond acceptors (Lipinski definition) is 2. The maximum Gasteiger partial charge on any atom is 0.255 e. The Morgan fingerprint density at radius 1 is 1.11 bits per heavy atom. The van der Waals surface area contributed by atoms with Gasteiger partial charge in [-0.25, -0.2) is 4.39 Å². The smallest absolute Gasteiger partial charge is 0.255 e. The van der Waals surface area contributed by atoms with Crippen LogP contribution in [0.1, 0.15) is 10.4 Å². The van der Waals surface area contributed by atoms with Crippen molar-refractivity contribution in [3.63, 3.8) is 0 Å². The average molecular weight is 261 g/mol. The molecule has 2 aromatic rings. The summed E-state index contributed by atoms with van der Waals surface area (Å²) in [6.45, 7) is 0. The van der Waals surface area contributed by atoms with Crippen molar-refractivity contribution in [1.82, 2.24) is 0 Å². The monoisotopic (exact) mass is 261 g/mol. The number of para-hydroxylation sites is 1. The Morgan fingerprint density at radius 2 is 1.78 bits per heavy atom. The Bertz CT molecular complexity index is 554. The molecule has 1 N–H and O–H groups in total. The van der Waals surface area contributed by atoms with E-state index in [1.54, 1.807) is 36.0 Å². The molecule has 0 fully saturated rings. The molecule has 0 unspecified atom stereocenters. The zero-order valence-corrected chi connectivity index (χ0v) is 10.6. The van der Waals surface area contributed by atoms with Crippen LogP contribution in [-0.4, -0.2) is 12.2 Å². The number of amides is 1. The third-order valence-electron chi connectivity index (χ3n) is 2.47. The Morgan fingerprint density at radius 3 is 2.39 bits per heavy atom. The van der Waals surface area contributed by atoms with Crippen molar-refractivity contribution < 1.29 is 9.18 Å². The Balaban J connectivity index is 2.14. The molecule has 0 aromatic heterocycles. The molecule has 0 spiro atoms. The van der Waals surface area contributed by atoms with Gasteiger partial charge < -0.3 is 5.32 Å². The van der Waals surface area contributed by atoms with Gasteiger partial charge in [0.1, 0.15) is 5.82 Å². The van der Waals surface area contributed by atoms with E-state index in [-0.39, 0.29) is 11.6 Å². The summed E-state index contributed by atoms with van der Waals surface area (Å²) in [4.78, 5) is 13.0. The molecule has 0 radical (unpaired) electrons. The molecule has 92 valence electrons. The largest absolute Gasteiger partial charge is 0.319 e. The van der Waals surface area contributed by atoms with Crippen LogP contribution in [-0.2, 0) is 0 Å². The fourth-order valence-corrected chi connectivity index (χ4v) is 1.91. The van der Waals surface area contributed by atoms with Crippen LogP contribution in [0, 0.1) is 5.82 Å². The van der Waals surface area contributed by atoms with Crippen LogP contribution in [0.3, 0.4) is 0 Å². The number of carbonyl (C=O) groups is 1. The van der Waals surface area contributed by atoms with Crippen LogP contribution in [0.5, 0.6) is 0 Å². The van der Waals surface area contributed by atoms with Crippen LogP contribution in [0.15, 0.2) is 53.4 Å². The van der Waals surface area contributed by atoms with Crippen molar-refractivity contribution in [2.45, 2.75) is 4.90 Å². The lowest BCUT2D eigenvalue weighted by atomic mass is 10.2. The number of carbonyl (C=O) groups excluding carboxylic acids is 1. The number of nitrogens with one attached hydrogen (secondary N) is 1. The maximum atomic E-state index is 13.4. The number of hydrogen-bond donors (Lipinski definition) is 1. The van der Waals surface area contributed by atoms with E-state index < -0.39 is 5.82 Å². The van der Waals surface area contributed by atoms with Crippen molar-refractivity contribution in [1.29, 1.82) is 0 Å². The van der Waals surface area contributed by atoms with Gasteiger partial charge in [0.25, 0.3) is 5.91 Å². The first-order chi connectivity index (χ1) is 8.70. The first-order valence-electron chi connectivity index (χ1n) is 5.40. The summed E-state index contributed by atoms with van der Waals surface area (Å²) >= 11 is 1.60. The van der Waals surface area contributed by atoms with Gasteiger partial charge in [-0.2, -0.15) is 0 Å². The molecule has 0 saturated carbocycles. The molecule has 0 aliphatic carbocycles. The lowest BCUT2D eigenvalue weighted by Crippen LogP contribution is -2.12. The van der Waals surface area contributed by atoms with Crippen LogP contribution < -0.4 is 5.32 Å². The number of halogens is 1. The van der Waals surface area contributed by atoms with Gasteiger partial charge in [-0.1, -0.05) is 12.1 Å². The third-order valence-corrected chi connectivity index (χ3v) is 3.22. The fraction of sp³-hybridized carbons (Fsp3) is 0.0714. The van der Waals surface area contributed by atoms with Crippen LogP contribution >= 0.6 is 11.8 Å². The highest BCUT2D eigenvalue weighted by Gasteiger charge is 2.08. The van der Waals surface area contributed by atoms with Gasteiger partial charge >= 0.3 is 0 Å². The van der Waals surface area contributed by atoms with E-state index >= 15 is 0 Å². The molecule has 2 rings (SSSR count). The molecule has 18 heavy (non-hydrogen) atoms. The molecule has 1 amide bonds. The van der Waals surface area contributed by atoms with E-state index in [4.69, 9.17) is 0 Å². The molecule has 0 bridgehead atoms. The van der Waals surface area contributed by atoms with Crippen molar-refractivity contribution in [2.75, 3.05) is 11.6 Å². The Hall–Kier alpha value is -1.81. The molecular formula is C14H12FNOS. The molecule has 0 aliphatic rings. The van der Waals surface area contributed by atoms with Gasteiger partial charge in [0.05, 0.1) is 5.69 Å². The predicted molar refractivity (Wildman–Crippen MR) is 72.6 cm³/mol. The standard InChI is InChI=1S/C14H12FNOS/c1-18-11-8-6-10(7-9-11)14(17)16-13-5-3-2-4-12(13)15/h2-9H,1H3,(H,16,17). The summed E-state index contributed by atoms with van der Waals surface area (Å²) in [6, 6.07) is 13.3. The molecule has 0 atom stereocenters. The van der Waals surface area contributed by atoms with Gasteiger partial charge in [0, 0.05) is 10.5 Å². The summed E-state index contributed by atoms with van der Waals surface area (Å²) in [6.07, 6.45) is 1.97. The zero-order valence-electron chi connectivity index (χ0n) is 9.81. The average Bonchev–Trinajstić information content (AvgIpc) is 2.41. The minimum Gasteiger partial charge on any atom is -0.319 e. The second-order valence-electron chi connectivity index (χ2n) is 3.66. The lowest BCUT2D eigenvalue weighted by Gasteiger charge is -2.06. The molecule has 0 heterocycles. The van der Waals surface area contributed by atoms with Crippen molar-refractivity contribution in [3.05, 3.63) is 59.9 Å². The van der Waals surface area contributed by atoms with Gasteiger partial charge in [0.15, 0.2) is 0 Å². The first-order valence-corrected chi connectivity index (χ1v) is 6.63. The molecule has 2 aromatic carbocycles. The van der Waals surface area contributed by atoms with E-state index in [0.717, 1.165) is 4.90 Å². The molecule has 2 nitrogen and oxygen atoms in total. The van der Waals surface area contributed by atoms with Gasteiger partial charge in [-0.3, -0.25) is 4.79 Å². The van der Waals surface area contributed by atoms with Crippen molar-refractivity contribution >= 4 is 23.4 Å². The first kappa shape index (κ1) is 12.6. The fourth-order valence-electron chi connectivity index (χ4n) is 1.50. The number of thioether (sulfide) groups is 1. The van der Waals surface area contributed by atoms with Crippen molar-refractivity contribution in [2.24, 2.45) is 0 Å². The van der Waals surface area contributed by atoms with E-state index in [9.17, 15) is 9.18 Å². The van der Waals surface area contributed by atoms with Crippen LogP contribution in [0.2, 0.25) is 0 Å². The Kier molecular flexibility index (Phi) is 3.99. The highest BCUT2D eigenvalue weighted by atomic mass is 32.2. The molecule has 4 heteroatoms. The molecule has 0 saturated heterocycles. The van der Waals surface area contributed by atoms with E-state index in [1.165, 1.54) is 12.1 Å². The van der Waals surface area contributed by atoms with Gasteiger partial charge in [0.2, 0.25) is 0 Å². The predicted octanol–water partition coefficient (Wildman–Crippen LogP) is 3.80. The normalized spacial score (nSPS) is 10.1. The second-order valence-corrected chi connectivity index (χ2v) is 4.54. The second kappa shape index (κ2) is 5.69. The third kappa shape index (κ3) is 2.90. The summed E-state index contributed by atoms with van der Waals surface area (Å²) in [5.74, 6) is -0.751. The highest BCUT2D eigenvalue weighted by molar-refractivity contribution is 7.98. The topological polar surface area (TPSA) is 29.1 Å². The van der Waals surface area contributed by atoms with Gasteiger partial charge in [-0.05, 0) is 42.7 Å². The minimum atomic E-state index is -0.438. The van der Waals surface area contributed by atoms with Crippen molar-refractivity contribution in [3.8, 4) is 0 Å². The molecular weight excluding hydrogens is 249 g/mol. The summed E-state index contributed by atoms with van der Waals surface area (Å²) < 4.78 is 13.4. The summed E-state index contributed by atoms with van der Waals surface area (Å²) in [5.41, 5.74) is 0.701. The minimum absolute atomic E-state index is 0.191. The SMILES string of the molecule is CSc1ccc(C(=O)Nc2ccccc2F)cc1. The summed E-state index contributed by atoms with van der Waals surface area (Å²) in [5, 5.41) is 2.54. The summed E-state index contributed by atoms with van der Waals surface area (Å²) in [7, 11) is 0. The van der Waals surface area contributed by atoms with E-state index in [0.29, 0.717) is 5.56 Å². The molecule has 0 aliphatic heterocycles. The van der Waals surface area contributed by atoms with Gasteiger partial charge in [-0.15, -0.1) is 11.8 Å². The lowest BCUT2D eigenvalue weighted by molar-refractivity contribution is 0.102. The maximum absolute atomic E-state index is 13.4. The highest BCUT2D eigenvalue weighted by Crippen LogP contribution is 2.17. The van der Waals surface area contributed by atoms with E-state index in [2.05, 4.69) is 5.32 Å². The van der Waals surface area contributed by atoms with Crippen LogP contribution in [0.25, 0.3) is 0 Å². The Labute approximate surface area is 109 Å².